The Morgan fingerprint density at radius 1 is 1.24 bits per heavy atom. The van der Waals surface area contributed by atoms with E-state index >= 15 is 0 Å². The van der Waals surface area contributed by atoms with Crippen LogP contribution in [0.1, 0.15) is 28.6 Å². The number of thiophene rings is 1. The summed E-state index contributed by atoms with van der Waals surface area (Å²) in [5, 5.41) is 2.01. The molecule has 0 saturated carbocycles. The van der Waals surface area contributed by atoms with Crippen molar-refractivity contribution in [3.63, 3.8) is 0 Å². The number of nitrogens with zero attached hydrogens (tertiary/aromatic N) is 1. The molecule has 1 aromatic carbocycles. The number of Topliss-reactive ketones (excluding diaryl/α,β-unsaturated/α-hetero) is 1. The zero-order valence-electron chi connectivity index (χ0n) is 11.8. The molecule has 0 atom stereocenters. The molecule has 0 aliphatic rings. The lowest BCUT2D eigenvalue weighted by Crippen LogP contribution is -2.25. The van der Waals surface area contributed by atoms with Crippen molar-refractivity contribution in [3.05, 3.63) is 57.8 Å². The fourth-order valence-electron chi connectivity index (χ4n) is 2.09. The highest BCUT2D eigenvalue weighted by Gasteiger charge is 2.16. The summed E-state index contributed by atoms with van der Waals surface area (Å²) in [4.78, 5) is 15.3. The van der Waals surface area contributed by atoms with Gasteiger partial charge in [0.1, 0.15) is 0 Å². The first-order chi connectivity index (χ1) is 10.1. The summed E-state index contributed by atoms with van der Waals surface area (Å²) in [6.07, 6.45) is 0.180. The van der Waals surface area contributed by atoms with Gasteiger partial charge in [-0.15, -0.1) is 11.3 Å². The Morgan fingerprint density at radius 2 is 2.05 bits per heavy atom. The molecule has 2 nitrogen and oxygen atoms in total. The number of rotatable bonds is 7. The van der Waals surface area contributed by atoms with Gasteiger partial charge in [0.05, 0.1) is 5.56 Å². The predicted molar refractivity (Wildman–Crippen MR) is 80.6 cm³/mol. The van der Waals surface area contributed by atoms with Gasteiger partial charge in [-0.2, -0.15) is 0 Å². The molecular formula is C16H17F2NOS. The minimum Gasteiger partial charge on any atom is -0.298 e. The van der Waals surface area contributed by atoms with Gasteiger partial charge in [0.2, 0.25) is 0 Å². The van der Waals surface area contributed by atoms with Crippen LogP contribution in [-0.4, -0.2) is 23.8 Å². The number of hydrogen-bond acceptors (Lipinski definition) is 3. The second kappa shape index (κ2) is 7.43. The van der Waals surface area contributed by atoms with Crippen LogP contribution in [0.4, 0.5) is 8.78 Å². The zero-order valence-corrected chi connectivity index (χ0v) is 12.6. The Hall–Kier alpha value is -1.59. The van der Waals surface area contributed by atoms with Crippen molar-refractivity contribution in [1.29, 1.82) is 0 Å². The zero-order chi connectivity index (χ0) is 15.2. The molecule has 0 unspecified atom stereocenters. The van der Waals surface area contributed by atoms with Crippen LogP contribution in [0.5, 0.6) is 0 Å². The van der Waals surface area contributed by atoms with Crippen molar-refractivity contribution in [2.45, 2.75) is 19.9 Å². The summed E-state index contributed by atoms with van der Waals surface area (Å²) in [6.45, 7) is 4.12. The molecule has 5 heteroatoms. The quantitative estimate of drug-likeness (QED) is 0.717. The number of carbonyl (C=O) groups excluding carboxylic acids is 1. The first-order valence-corrected chi connectivity index (χ1v) is 7.71. The van der Waals surface area contributed by atoms with Crippen LogP contribution in [0, 0.1) is 11.6 Å². The van der Waals surface area contributed by atoms with Gasteiger partial charge in [-0.3, -0.25) is 9.69 Å². The van der Waals surface area contributed by atoms with Gasteiger partial charge in [-0.25, -0.2) is 8.78 Å². The molecule has 0 radical (unpaired) electrons. The van der Waals surface area contributed by atoms with Gasteiger partial charge in [0.15, 0.2) is 17.4 Å². The van der Waals surface area contributed by atoms with E-state index in [9.17, 15) is 13.6 Å². The van der Waals surface area contributed by atoms with Crippen molar-refractivity contribution < 1.29 is 13.6 Å². The number of carbonyl (C=O) groups is 1. The highest BCUT2D eigenvalue weighted by molar-refractivity contribution is 7.09. The van der Waals surface area contributed by atoms with E-state index in [0.717, 1.165) is 19.2 Å². The van der Waals surface area contributed by atoms with Crippen molar-refractivity contribution in [2.24, 2.45) is 0 Å². The number of halogens is 2. The third-order valence-corrected chi connectivity index (χ3v) is 4.18. The summed E-state index contributed by atoms with van der Waals surface area (Å²) in [5.41, 5.74) is -0.165. The summed E-state index contributed by atoms with van der Waals surface area (Å²) >= 11 is 1.67. The largest absolute Gasteiger partial charge is 0.298 e. The van der Waals surface area contributed by atoms with Crippen molar-refractivity contribution in [3.8, 4) is 0 Å². The topological polar surface area (TPSA) is 20.3 Å². The van der Waals surface area contributed by atoms with E-state index in [1.165, 1.54) is 17.0 Å². The minimum atomic E-state index is -1.05. The highest BCUT2D eigenvalue weighted by Crippen LogP contribution is 2.15. The van der Waals surface area contributed by atoms with Crippen LogP contribution in [-0.2, 0) is 6.54 Å². The van der Waals surface area contributed by atoms with Gasteiger partial charge < -0.3 is 0 Å². The van der Waals surface area contributed by atoms with Gasteiger partial charge in [-0.1, -0.05) is 19.1 Å². The van der Waals surface area contributed by atoms with Crippen LogP contribution in [0.25, 0.3) is 0 Å². The third-order valence-electron chi connectivity index (χ3n) is 3.31. The van der Waals surface area contributed by atoms with Gasteiger partial charge >= 0.3 is 0 Å². The summed E-state index contributed by atoms with van der Waals surface area (Å²) in [6, 6.07) is 7.73. The predicted octanol–water partition coefficient (Wildman–Crippen LogP) is 4.12. The summed E-state index contributed by atoms with van der Waals surface area (Å²) < 4.78 is 26.7. The lowest BCUT2D eigenvalue weighted by Gasteiger charge is -2.19. The van der Waals surface area contributed by atoms with E-state index in [-0.39, 0.29) is 17.8 Å². The van der Waals surface area contributed by atoms with Gasteiger partial charge in [-0.05, 0) is 30.1 Å². The monoisotopic (exact) mass is 309 g/mol. The molecule has 1 heterocycles. The smallest absolute Gasteiger partial charge is 0.169 e. The summed E-state index contributed by atoms with van der Waals surface area (Å²) in [5.74, 6) is -2.40. The Bertz CT molecular complexity index is 598. The van der Waals surface area contributed by atoms with Gasteiger partial charge in [0, 0.05) is 24.4 Å². The molecule has 0 spiro atoms. The normalized spacial score (nSPS) is 11.0. The van der Waals surface area contributed by atoms with Gasteiger partial charge in [0.25, 0.3) is 0 Å². The summed E-state index contributed by atoms with van der Waals surface area (Å²) in [7, 11) is 0. The molecule has 0 aliphatic carbocycles. The maximum absolute atomic E-state index is 13.6. The lowest BCUT2D eigenvalue weighted by atomic mass is 10.1. The maximum atomic E-state index is 13.6. The van der Waals surface area contributed by atoms with Crippen LogP contribution in [0.3, 0.4) is 0 Å². The van der Waals surface area contributed by atoms with Crippen molar-refractivity contribution >= 4 is 17.1 Å². The molecule has 0 amide bonds. The van der Waals surface area contributed by atoms with E-state index < -0.39 is 11.6 Å². The first kappa shape index (κ1) is 15.8. The maximum Gasteiger partial charge on any atom is 0.169 e. The first-order valence-electron chi connectivity index (χ1n) is 6.83. The fraction of sp³-hybridized carbons (Fsp3) is 0.312. The molecule has 2 aromatic rings. The van der Waals surface area contributed by atoms with Crippen molar-refractivity contribution in [1.82, 2.24) is 4.90 Å². The average molecular weight is 309 g/mol. The standard InChI is InChI=1S/C16H17F2NOS/c1-2-19(11-12-5-4-10-21-12)9-8-15(20)13-6-3-7-14(17)16(13)18/h3-7,10H,2,8-9,11H2,1H3. The highest BCUT2D eigenvalue weighted by atomic mass is 32.1. The lowest BCUT2D eigenvalue weighted by molar-refractivity contribution is 0.0959. The second-order valence-corrected chi connectivity index (χ2v) is 5.75. The van der Waals surface area contributed by atoms with E-state index in [4.69, 9.17) is 0 Å². The Morgan fingerprint density at radius 3 is 2.71 bits per heavy atom. The van der Waals surface area contributed by atoms with Crippen LogP contribution in [0.2, 0.25) is 0 Å². The van der Waals surface area contributed by atoms with E-state index in [1.54, 1.807) is 11.3 Å². The SMILES string of the molecule is CCN(CCC(=O)c1cccc(F)c1F)Cc1cccs1. The van der Waals surface area contributed by atoms with Crippen LogP contribution < -0.4 is 0 Å². The average Bonchev–Trinajstić information content (AvgIpc) is 2.99. The van der Waals surface area contributed by atoms with E-state index in [2.05, 4.69) is 4.90 Å². The number of hydrogen-bond donors (Lipinski definition) is 0. The molecule has 112 valence electrons. The second-order valence-electron chi connectivity index (χ2n) is 4.72. The Labute approximate surface area is 127 Å². The minimum absolute atomic E-state index is 0.165. The molecule has 0 bridgehead atoms. The molecule has 0 aliphatic heterocycles. The Balaban J connectivity index is 1.94. The number of ketones is 1. The molecule has 2 rings (SSSR count). The number of benzene rings is 1. The molecule has 1 aromatic heterocycles. The molecule has 0 saturated heterocycles. The van der Waals surface area contributed by atoms with E-state index in [0.29, 0.717) is 6.54 Å². The van der Waals surface area contributed by atoms with Crippen molar-refractivity contribution in [2.75, 3.05) is 13.1 Å². The Kier molecular flexibility index (Phi) is 5.59. The van der Waals surface area contributed by atoms with Crippen LogP contribution in [0.15, 0.2) is 35.7 Å². The molecule has 0 fully saturated rings. The van der Waals surface area contributed by atoms with E-state index in [1.807, 2.05) is 24.4 Å². The molecular weight excluding hydrogens is 292 g/mol. The molecule has 21 heavy (non-hydrogen) atoms. The molecule has 0 N–H and O–H groups in total. The van der Waals surface area contributed by atoms with Crippen LogP contribution >= 0.6 is 11.3 Å². The fourth-order valence-corrected chi connectivity index (χ4v) is 2.83. The third kappa shape index (κ3) is 4.19.